The molecule has 1 unspecified atom stereocenters. The fraction of sp³-hybridized carbons (Fsp3) is 0.235. The molecule has 6 nitrogen and oxygen atoms in total. The highest BCUT2D eigenvalue weighted by Gasteiger charge is 2.18. The molecule has 0 saturated heterocycles. The second-order valence-corrected chi connectivity index (χ2v) is 6.58. The number of fused-ring (bicyclic) bond motifs is 1. The molecular weight excluding hydrogens is 322 g/mol. The highest BCUT2D eigenvalue weighted by Crippen LogP contribution is 2.36. The van der Waals surface area contributed by atoms with Gasteiger partial charge in [0.15, 0.2) is 0 Å². The fourth-order valence-corrected chi connectivity index (χ4v) is 3.77. The van der Waals surface area contributed by atoms with E-state index in [1.165, 1.54) is 11.3 Å². The molecule has 0 radical (unpaired) electrons. The van der Waals surface area contributed by atoms with Crippen LogP contribution < -0.4 is 11.1 Å². The van der Waals surface area contributed by atoms with E-state index in [2.05, 4.69) is 22.4 Å². The number of furan rings is 1. The summed E-state index contributed by atoms with van der Waals surface area (Å²) >= 11 is 1.49. The number of thiophene rings is 1. The lowest BCUT2D eigenvalue weighted by molar-refractivity contribution is 0.518. The third kappa shape index (κ3) is 3.09. The molecule has 1 atom stereocenters. The molecule has 0 aliphatic rings. The minimum atomic E-state index is -0.0554. The van der Waals surface area contributed by atoms with Crippen molar-refractivity contribution in [2.75, 3.05) is 5.32 Å². The van der Waals surface area contributed by atoms with Gasteiger partial charge in [-0.15, -0.1) is 11.3 Å². The number of pyridine rings is 1. The van der Waals surface area contributed by atoms with Crippen LogP contribution in [0.1, 0.15) is 28.8 Å². The molecule has 0 saturated carbocycles. The summed E-state index contributed by atoms with van der Waals surface area (Å²) in [7, 11) is 0. The Morgan fingerprint density at radius 3 is 2.88 bits per heavy atom. The van der Waals surface area contributed by atoms with E-state index >= 15 is 0 Å². The minimum absolute atomic E-state index is 0.0554. The van der Waals surface area contributed by atoms with Gasteiger partial charge in [0.1, 0.15) is 29.1 Å². The van der Waals surface area contributed by atoms with Crippen LogP contribution in [-0.2, 0) is 13.0 Å². The van der Waals surface area contributed by atoms with Crippen LogP contribution >= 0.6 is 11.3 Å². The molecule has 24 heavy (non-hydrogen) atoms. The molecule has 0 aromatic carbocycles. The maximum atomic E-state index is 9.51. The van der Waals surface area contributed by atoms with Crippen molar-refractivity contribution >= 4 is 27.2 Å². The number of nitrogens with zero attached hydrogens (tertiary/aromatic N) is 3. The highest BCUT2D eigenvalue weighted by atomic mass is 32.1. The molecule has 3 rings (SSSR count). The monoisotopic (exact) mass is 337 g/mol. The van der Waals surface area contributed by atoms with Crippen LogP contribution in [0.4, 0.5) is 5.69 Å². The van der Waals surface area contributed by atoms with E-state index in [-0.39, 0.29) is 11.7 Å². The summed E-state index contributed by atoms with van der Waals surface area (Å²) in [6.45, 7) is 2.38. The third-order valence-corrected chi connectivity index (χ3v) is 4.72. The quantitative estimate of drug-likeness (QED) is 0.739. The van der Waals surface area contributed by atoms with Crippen LogP contribution in [0, 0.1) is 22.7 Å². The number of anilines is 1. The average molecular weight is 337 g/mol. The topological polar surface area (TPSA) is 112 Å². The van der Waals surface area contributed by atoms with Crippen molar-refractivity contribution < 1.29 is 4.42 Å². The molecule has 0 fully saturated rings. The van der Waals surface area contributed by atoms with Crippen molar-refractivity contribution in [3.05, 3.63) is 46.4 Å². The maximum Gasteiger partial charge on any atom is 0.143 e. The highest BCUT2D eigenvalue weighted by molar-refractivity contribution is 7.20. The van der Waals surface area contributed by atoms with Gasteiger partial charge >= 0.3 is 0 Å². The first-order valence-electron chi connectivity index (χ1n) is 7.40. The van der Waals surface area contributed by atoms with Crippen LogP contribution in [0.15, 0.2) is 28.9 Å². The van der Waals surface area contributed by atoms with Crippen molar-refractivity contribution in [2.45, 2.75) is 25.9 Å². The summed E-state index contributed by atoms with van der Waals surface area (Å²) < 4.78 is 6.17. The summed E-state index contributed by atoms with van der Waals surface area (Å²) in [4.78, 5) is 5.22. The van der Waals surface area contributed by atoms with Gasteiger partial charge in [0.2, 0.25) is 0 Å². The first kappa shape index (κ1) is 16.0. The lowest BCUT2D eigenvalue weighted by atomic mass is 10.1. The van der Waals surface area contributed by atoms with Crippen molar-refractivity contribution in [2.24, 2.45) is 5.73 Å². The molecule has 0 bridgehead atoms. The van der Waals surface area contributed by atoms with Gasteiger partial charge in [0.05, 0.1) is 28.8 Å². The number of hydrogen-bond donors (Lipinski definition) is 2. The largest absolute Gasteiger partial charge is 0.467 e. The second kappa shape index (κ2) is 6.71. The molecule has 3 heterocycles. The smallest absolute Gasteiger partial charge is 0.143 e. The van der Waals surface area contributed by atoms with Crippen molar-refractivity contribution in [3.8, 4) is 12.1 Å². The predicted octanol–water partition coefficient (Wildman–Crippen LogP) is 3.13. The summed E-state index contributed by atoms with van der Waals surface area (Å²) in [6, 6.07) is 9.58. The molecule has 0 spiro atoms. The van der Waals surface area contributed by atoms with Crippen LogP contribution in [0.25, 0.3) is 10.2 Å². The van der Waals surface area contributed by atoms with Gasteiger partial charge in [-0.2, -0.15) is 10.5 Å². The number of hydrogen-bond acceptors (Lipinski definition) is 7. The molecule has 3 N–H and O–H groups in total. The number of aromatic nitrogens is 1. The Bertz CT molecular complexity index is 944. The van der Waals surface area contributed by atoms with Crippen LogP contribution in [0.3, 0.4) is 0 Å². The van der Waals surface area contributed by atoms with E-state index < -0.39 is 0 Å². The molecule has 3 aromatic rings. The first-order valence-corrected chi connectivity index (χ1v) is 8.22. The summed E-state index contributed by atoms with van der Waals surface area (Å²) in [5, 5.41) is 22.0. The molecule has 0 aliphatic carbocycles. The number of nitriles is 2. The third-order valence-electron chi connectivity index (χ3n) is 3.48. The lowest BCUT2D eigenvalue weighted by Gasteiger charge is -2.06. The fourth-order valence-electron chi connectivity index (χ4n) is 2.45. The van der Waals surface area contributed by atoms with E-state index in [1.54, 1.807) is 12.3 Å². The Balaban J connectivity index is 2.08. The van der Waals surface area contributed by atoms with Crippen molar-refractivity contribution in [1.29, 1.82) is 10.5 Å². The molecule has 7 heteroatoms. The predicted molar refractivity (Wildman–Crippen MR) is 92.4 cm³/mol. The Morgan fingerprint density at radius 2 is 2.25 bits per heavy atom. The average Bonchev–Trinajstić information content (AvgIpc) is 3.18. The van der Waals surface area contributed by atoms with Gasteiger partial charge < -0.3 is 15.5 Å². The van der Waals surface area contributed by atoms with E-state index in [1.807, 2.05) is 19.1 Å². The standard InChI is InChI=1S/C17H15N5OS/c1-10(20)5-15-13(8-19)16-17(24-15)14(6-11(7-18)22-16)21-9-12-3-2-4-23-12/h2-4,6,10H,5,9,20H2,1H3,(H,21,22). The lowest BCUT2D eigenvalue weighted by Crippen LogP contribution is -2.17. The zero-order valence-corrected chi connectivity index (χ0v) is 13.9. The number of nitrogens with two attached hydrogens (primary N) is 1. The summed E-state index contributed by atoms with van der Waals surface area (Å²) in [5.41, 5.74) is 7.98. The SMILES string of the molecule is CC(N)Cc1sc2c(NCc3ccco3)cc(C#N)nc2c1C#N. The summed E-state index contributed by atoms with van der Waals surface area (Å²) in [6.07, 6.45) is 2.21. The molecule has 3 aromatic heterocycles. The Hall–Kier alpha value is -2.87. The molecule has 0 aliphatic heterocycles. The second-order valence-electron chi connectivity index (χ2n) is 5.47. The molecular formula is C17H15N5OS. The van der Waals surface area contributed by atoms with E-state index in [0.717, 1.165) is 21.0 Å². The van der Waals surface area contributed by atoms with Gasteiger partial charge in [-0.25, -0.2) is 4.98 Å². The van der Waals surface area contributed by atoms with E-state index in [9.17, 15) is 10.5 Å². The van der Waals surface area contributed by atoms with Crippen molar-refractivity contribution in [3.63, 3.8) is 0 Å². The Kier molecular flexibility index (Phi) is 4.48. The number of rotatable bonds is 5. The Labute approximate surface area is 143 Å². The summed E-state index contributed by atoms with van der Waals surface area (Å²) in [5.74, 6) is 0.784. The molecule has 0 amide bonds. The normalized spacial score (nSPS) is 11.8. The van der Waals surface area contributed by atoms with Gasteiger partial charge in [-0.05, 0) is 31.5 Å². The maximum absolute atomic E-state index is 9.51. The van der Waals surface area contributed by atoms with Crippen LogP contribution in [-0.4, -0.2) is 11.0 Å². The van der Waals surface area contributed by atoms with Gasteiger partial charge in [0, 0.05) is 10.9 Å². The van der Waals surface area contributed by atoms with Gasteiger partial charge in [-0.1, -0.05) is 0 Å². The molecule has 120 valence electrons. The zero-order valence-electron chi connectivity index (χ0n) is 13.0. The van der Waals surface area contributed by atoms with Crippen LogP contribution in [0.2, 0.25) is 0 Å². The van der Waals surface area contributed by atoms with Crippen LogP contribution in [0.5, 0.6) is 0 Å². The van der Waals surface area contributed by atoms with E-state index in [4.69, 9.17) is 10.2 Å². The van der Waals surface area contributed by atoms with Gasteiger partial charge in [0.25, 0.3) is 0 Å². The zero-order chi connectivity index (χ0) is 17.1. The first-order chi connectivity index (χ1) is 11.6. The number of nitrogens with one attached hydrogen (secondary N) is 1. The Morgan fingerprint density at radius 1 is 1.42 bits per heavy atom. The van der Waals surface area contributed by atoms with E-state index in [0.29, 0.717) is 24.0 Å². The van der Waals surface area contributed by atoms with Gasteiger partial charge in [-0.3, -0.25) is 0 Å². The minimum Gasteiger partial charge on any atom is -0.467 e. The van der Waals surface area contributed by atoms with Crippen molar-refractivity contribution in [1.82, 2.24) is 4.98 Å².